The van der Waals surface area contributed by atoms with Gasteiger partial charge in [-0.3, -0.25) is 0 Å². The number of carbonyl (C=O) groups excluding carboxylic acids is 1. The fourth-order valence-corrected chi connectivity index (χ4v) is 2.16. The van der Waals surface area contributed by atoms with Crippen molar-refractivity contribution < 1.29 is 9.53 Å². The van der Waals surface area contributed by atoms with E-state index in [1.54, 1.807) is 29.0 Å². The van der Waals surface area contributed by atoms with Crippen molar-refractivity contribution in [2.24, 2.45) is 0 Å². The Morgan fingerprint density at radius 1 is 1.14 bits per heavy atom. The molecule has 116 valence electrons. The number of aromatic nitrogens is 2. The van der Waals surface area contributed by atoms with E-state index < -0.39 is 5.97 Å². The Bertz CT molecular complexity index is 687. The smallest absolute Gasteiger partial charge is 0.339 e. The van der Waals surface area contributed by atoms with Crippen molar-refractivity contribution in [3.8, 4) is 0 Å². The highest BCUT2D eigenvalue weighted by Crippen LogP contribution is 2.33. The molecule has 1 heterocycles. The fourth-order valence-electron chi connectivity index (χ4n) is 2.16. The van der Waals surface area contributed by atoms with E-state index in [0.717, 1.165) is 0 Å². The van der Waals surface area contributed by atoms with Gasteiger partial charge in [-0.2, -0.15) is 0 Å². The van der Waals surface area contributed by atoms with Gasteiger partial charge in [0.2, 0.25) is 0 Å². The van der Waals surface area contributed by atoms with E-state index >= 15 is 0 Å². The van der Waals surface area contributed by atoms with Gasteiger partial charge in [-0.05, 0) is 12.1 Å². The molecular formula is C15H19N5O2. The number of rotatable bonds is 4. The highest BCUT2D eigenvalue weighted by molar-refractivity contribution is 5.97. The Labute approximate surface area is 129 Å². The molecule has 7 heteroatoms. The van der Waals surface area contributed by atoms with Gasteiger partial charge in [-0.25, -0.2) is 14.8 Å². The summed E-state index contributed by atoms with van der Waals surface area (Å²) in [6, 6.07) is 7.12. The molecule has 0 aliphatic heterocycles. The Morgan fingerprint density at radius 2 is 1.77 bits per heavy atom. The first-order chi connectivity index (χ1) is 10.5. The molecule has 0 fully saturated rings. The number of nitrogens with zero attached hydrogens (tertiary/aromatic N) is 4. The maximum Gasteiger partial charge on any atom is 0.339 e. The molecule has 0 unspecified atom stereocenters. The minimum Gasteiger partial charge on any atom is -0.465 e. The third-order valence-corrected chi connectivity index (χ3v) is 3.25. The quantitative estimate of drug-likeness (QED) is 0.860. The summed E-state index contributed by atoms with van der Waals surface area (Å²) in [5.74, 6) is 0.727. The molecule has 0 atom stereocenters. The van der Waals surface area contributed by atoms with Gasteiger partial charge in [0, 0.05) is 21.1 Å². The zero-order chi connectivity index (χ0) is 16.3. The van der Waals surface area contributed by atoms with Crippen molar-refractivity contribution in [2.45, 2.75) is 0 Å². The zero-order valence-corrected chi connectivity index (χ0v) is 13.1. The van der Waals surface area contributed by atoms with Crippen LogP contribution in [-0.4, -0.2) is 44.2 Å². The van der Waals surface area contributed by atoms with E-state index in [-0.39, 0.29) is 0 Å². The predicted octanol–water partition coefficient (Wildman–Crippen LogP) is 1.68. The van der Waals surface area contributed by atoms with Crippen LogP contribution in [0.1, 0.15) is 10.4 Å². The van der Waals surface area contributed by atoms with Crippen LogP contribution in [0.2, 0.25) is 0 Å². The molecule has 0 saturated carbocycles. The van der Waals surface area contributed by atoms with Gasteiger partial charge in [0.15, 0.2) is 11.6 Å². The minimum absolute atomic E-state index is 0.414. The molecule has 0 amide bonds. The monoisotopic (exact) mass is 301 g/mol. The summed E-state index contributed by atoms with van der Waals surface area (Å²) in [6.07, 6.45) is 1.44. The minimum atomic E-state index is -0.414. The molecule has 22 heavy (non-hydrogen) atoms. The highest BCUT2D eigenvalue weighted by Gasteiger charge is 2.19. The number of esters is 1. The predicted molar refractivity (Wildman–Crippen MR) is 86.6 cm³/mol. The van der Waals surface area contributed by atoms with Crippen LogP contribution in [0.25, 0.3) is 0 Å². The lowest BCUT2D eigenvalue weighted by Crippen LogP contribution is -2.20. The van der Waals surface area contributed by atoms with Crippen molar-refractivity contribution in [2.75, 3.05) is 43.8 Å². The Balaban J connectivity index is 2.52. The summed E-state index contributed by atoms with van der Waals surface area (Å²) < 4.78 is 4.82. The molecule has 2 aromatic rings. The third-order valence-electron chi connectivity index (χ3n) is 3.25. The summed E-state index contributed by atoms with van der Waals surface area (Å²) in [6.45, 7) is 0. The molecular weight excluding hydrogens is 282 g/mol. The number of anilines is 4. The van der Waals surface area contributed by atoms with Crippen molar-refractivity contribution in [3.05, 3.63) is 36.2 Å². The second-order valence-electron chi connectivity index (χ2n) is 4.90. The van der Waals surface area contributed by atoms with Gasteiger partial charge in [-0.15, -0.1) is 0 Å². The molecule has 2 N–H and O–H groups in total. The molecule has 1 aromatic carbocycles. The van der Waals surface area contributed by atoms with Gasteiger partial charge in [-0.1, -0.05) is 12.1 Å². The number of benzene rings is 1. The first-order valence-electron chi connectivity index (χ1n) is 6.66. The number of ether oxygens (including phenoxy) is 1. The van der Waals surface area contributed by atoms with Crippen molar-refractivity contribution in [1.82, 2.24) is 9.97 Å². The maximum atomic E-state index is 11.9. The van der Waals surface area contributed by atoms with Gasteiger partial charge in [0.1, 0.15) is 12.0 Å². The normalized spacial score (nSPS) is 10.2. The molecule has 0 aliphatic rings. The standard InChI is InChI=1S/C15H19N5O2/c1-19(2)13-12(16)14(18-9-17-13)20(3)11-8-6-5-7-10(11)15(21)22-4/h5-9H,16H2,1-4H3. The lowest BCUT2D eigenvalue weighted by Gasteiger charge is -2.24. The number of carbonyl (C=O) groups is 1. The fraction of sp³-hybridized carbons (Fsp3) is 0.267. The SMILES string of the molecule is COC(=O)c1ccccc1N(C)c1ncnc(N(C)C)c1N. The number of nitrogens with two attached hydrogens (primary N) is 1. The van der Waals surface area contributed by atoms with E-state index in [4.69, 9.17) is 10.5 Å². The molecule has 0 saturated heterocycles. The molecule has 2 rings (SSSR count). The van der Waals surface area contributed by atoms with Crippen molar-refractivity contribution >= 4 is 29.0 Å². The van der Waals surface area contributed by atoms with Crippen LogP contribution in [0.4, 0.5) is 23.0 Å². The summed E-state index contributed by atoms with van der Waals surface area (Å²) in [5.41, 5.74) is 7.69. The van der Waals surface area contributed by atoms with Crippen LogP contribution in [0.15, 0.2) is 30.6 Å². The summed E-state index contributed by atoms with van der Waals surface area (Å²) >= 11 is 0. The first kappa shape index (κ1) is 15.6. The number of hydrogen-bond acceptors (Lipinski definition) is 7. The van der Waals surface area contributed by atoms with Crippen LogP contribution in [0.5, 0.6) is 0 Å². The van der Waals surface area contributed by atoms with Crippen LogP contribution in [-0.2, 0) is 4.74 Å². The molecule has 0 spiro atoms. The van der Waals surface area contributed by atoms with Crippen molar-refractivity contribution in [3.63, 3.8) is 0 Å². The number of para-hydroxylation sites is 1. The van der Waals surface area contributed by atoms with E-state index in [1.807, 2.05) is 26.2 Å². The largest absolute Gasteiger partial charge is 0.465 e. The van der Waals surface area contributed by atoms with Crippen LogP contribution >= 0.6 is 0 Å². The molecule has 1 aromatic heterocycles. The average molecular weight is 301 g/mol. The molecule has 7 nitrogen and oxygen atoms in total. The Morgan fingerprint density at radius 3 is 2.41 bits per heavy atom. The summed E-state index contributed by atoms with van der Waals surface area (Å²) in [5, 5.41) is 0. The topological polar surface area (TPSA) is 84.6 Å². The Kier molecular flexibility index (Phi) is 4.45. The third kappa shape index (κ3) is 2.78. The molecule has 0 radical (unpaired) electrons. The lowest BCUT2D eigenvalue weighted by atomic mass is 10.1. The summed E-state index contributed by atoms with van der Waals surface area (Å²) in [4.78, 5) is 23.9. The average Bonchev–Trinajstić information content (AvgIpc) is 2.53. The lowest BCUT2D eigenvalue weighted by molar-refractivity contribution is 0.0601. The van der Waals surface area contributed by atoms with Crippen LogP contribution in [0.3, 0.4) is 0 Å². The van der Waals surface area contributed by atoms with E-state index in [9.17, 15) is 4.79 Å². The maximum absolute atomic E-state index is 11.9. The van der Waals surface area contributed by atoms with Crippen LogP contribution < -0.4 is 15.5 Å². The van der Waals surface area contributed by atoms with Crippen molar-refractivity contribution in [1.29, 1.82) is 0 Å². The van der Waals surface area contributed by atoms with Crippen LogP contribution in [0, 0.1) is 0 Å². The van der Waals surface area contributed by atoms with Gasteiger partial charge in [0.25, 0.3) is 0 Å². The first-order valence-corrected chi connectivity index (χ1v) is 6.66. The van der Waals surface area contributed by atoms with E-state index in [1.165, 1.54) is 13.4 Å². The second-order valence-corrected chi connectivity index (χ2v) is 4.90. The van der Waals surface area contributed by atoms with Gasteiger partial charge < -0.3 is 20.3 Å². The second kappa shape index (κ2) is 6.30. The molecule has 0 bridgehead atoms. The Hall–Kier alpha value is -2.83. The van der Waals surface area contributed by atoms with Gasteiger partial charge >= 0.3 is 5.97 Å². The number of hydrogen-bond donors (Lipinski definition) is 1. The summed E-state index contributed by atoms with van der Waals surface area (Å²) in [7, 11) is 6.85. The molecule has 0 aliphatic carbocycles. The highest BCUT2D eigenvalue weighted by atomic mass is 16.5. The zero-order valence-electron chi connectivity index (χ0n) is 13.1. The number of methoxy groups -OCH3 is 1. The van der Waals surface area contributed by atoms with E-state index in [0.29, 0.717) is 28.6 Å². The van der Waals surface area contributed by atoms with Gasteiger partial charge in [0.05, 0.1) is 18.4 Å². The number of nitrogen functional groups attached to an aromatic ring is 1. The van der Waals surface area contributed by atoms with E-state index in [2.05, 4.69) is 9.97 Å².